The third-order valence-electron chi connectivity index (χ3n) is 5.44. The highest BCUT2D eigenvalue weighted by Crippen LogP contribution is 2.53. The molecule has 0 aliphatic heterocycles. The molecule has 5 nitrogen and oxygen atoms in total. The Morgan fingerprint density at radius 3 is 2.67 bits per heavy atom. The summed E-state index contributed by atoms with van der Waals surface area (Å²) in [6, 6.07) is 0. The molecule has 21 heavy (non-hydrogen) atoms. The Bertz CT molecular complexity index is 481. The van der Waals surface area contributed by atoms with Crippen molar-refractivity contribution >= 4 is 11.8 Å². The molecule has 0 radical (unpaired) electrons. The summed E-state index contributed by atoms with van der Waals surface area (Å²) < 4.78 is 4.75. The lowest BCUT2D eigenvalue weighted by Crippen LogP contribution is -2.60. The Morgan fingerprint density at radius 2 is 2.10 bits per heavy atom. The van der Waals surface area contributed by atoms with E-state index in [-0.39, 0.29) is 17.7 Å². The SMILES string of the molecule is COC(=O)[C@H](C)[C@@H]1CC[C@@]2(C)C(=O)C=C[C@](C)(O)[C@@H]2[C@@H]1O. The number of carbonyl (C=O) groups is 2. The molecule has 2 N–H and O–H groups in total. The van der Waals surface area contributed by atoms with Crippen LogP contribution in [0.25, 0.3) is 0 Å². The van der Waals surface area contributed by atoms with Gasteiger partial charge in [0, 0.05) is 11.3 Å². The molecule has 0 aromatic heterocycles. The number of allylic oxidation sites excluding steroid dienone is 1. The van der Waals surface area contributed by atoms with Crippen molar-refractivity contribution < 1.29 is 24.5 Å². The van der Waals surface area contributed by atoms with Gasteiger partial charge in [0.25, 0.3) is 0 Å². The van der Waals surface area contributed by atoms with E-state index in [1.165, 1.54) is 19.3 Å². The average molecular weight is 296 g/mol. The zero-order valence-corrected chi connectivity index (χ0v) is 13.0. The second-order valence-electron chi connectivity index (χ2n) is 6.82. The van der Waals surface area contributed by atoms with Crippen LogP contribution in [0, 0.1) is 23.2 Å². The molecule has 0 saturated heterocycles. The number of esters is 1. The predicted octanol–water partition coefficient (Wildman–Crippen LogP) is 1.08. The maximum Gasteiger partial charge on any atom is 0.308 e. The van der Waals surface area contributed by atoms with Crippen LogP contribution in [0.4, 0.5) is 0 Å². The number of carbonyl (C=O) groups excluding carboxylic acids is 2. The molecular weight excluding hydrogens is 272 g/mol. The van der Waals surface area contributed by atoms with E-state index < -0.39 is 29.0 Å². The number of ether oxygens (including phenoxy) is 1. The van der Waals surface area contributed by atoms with Gasteiger partial charge >= 0.3 is 5.97 Å². The van der Waals surface area contributed by atoms with Crippen molar-refractivity contribution in [2.75, 3.05) is 7.11 Å². The fourth-order valence-electron chi connectivity index (χ4n) is 4.13. The lowest BCUT2D eigenvalue weighted by atomic mass is 9.52. The van der Waals surface area contributed by atoms with Gasteiger partial charge in [0.15, 0.2) is 5.78 Å². The topological polar surface area (TPSA) is 83.8 Å². The molecule has 0 unspecified atom stereocenters. The molecule has 0 spiro atoms. The molecule has 0 aromatic rings. The Hall–Kier alpha value is -1.20. The Kier molecular flexibility index (Phi) is 4.02. The summed E-state index contributed by atoms with van der Waals surface area (Å²) in [5.41, 5.74) is -2.05. The lowest BCUT2D eigenvalue weighted by molar-refractivity contribution is -0.172. The van der Waals surface area contributed by atoms with Crippen LogP contribution in [0.3, 0.4) is 0 Å². The van der Waals surface area contributed by atoms with Crippen molar-refractivity contribution in [2.24, 2.45) is 23.2 Å². The summed E-state index contributed by atoms with van der Waals surface area (Å²) in [4.78, 5) is 24.0. The quantitative estimate of drug-likeness (QED) is 0.745. The molecule has 2 aliphatic rings. The highest BCUT2D eigenvalue weighted by molar-refractivity contribution is 5.96. The first-order chi connectivity index (χ1) is 9.65. The minimum atomic E-state index is -1.27. The molecule has 5 heteroatoms. The van der Waals surface area contributed by atoms with E-state index >= 15 is 0 Å². The third-order valence-corrected chi connectivity index (χ3v) is 5.44. The van der Waals surface area contributed by atoms with E-state index in [0.29, 0.717) is 12.8 Å². The highest BCUT2D eigenvalue weighted by Gasteiger charge is 2.58. The summed E-state index contributed by atoms with van der Waals surface area (Å²) >= 11 is 0. The monoisotopic (exact) mass is 296 g/mol. The maximum atomic E-state index is 12.2. The van der Waals surface area contributed by atoms with Crippen LogP contribution in [-0.4, -0.2) is 40.8 Å². The first kappa shape index (κ1) is 16.2. The number of aliphatic hydroxyl groups is 2. The lowest BCUT2D eigenvalue weighted by Gasteiger charge is -2.53. The number of fused-ring (bicyclic) bond motifs is 1. The van der Waals surface area contributed by atoms with E-state index in [9.17, 15) is 19.8 Å². The Morgan fingerprint density at radius 1 is 1.48 bits per heavy atom. The zero-order chi connectivity index (χ0) is 16.0. The molecule has 2 rings (SSSR count). The van der Waals surface area contributed by atoms with Crippen LogP contribution in [0.2, 0.25) is 0 Å². The largest absolute Gasteiger partial charge is 0.469 e. The minimum absolute atomic E-state index is 0.0674. The van der Waals surface area contributed by atoms with Gasteiger partial charge in [-0.2, -0.15) is 0 Å². The predicted molar refractivity (Wildman–Crippen MR) is 76.3 cm³/mol. The molecule has 118 valence electrons. The molecule has 6 atom stereocenters. The van der Waals surface area contributed by atoms with Crippen LogP contribution in [0.5, 0.6) is 0 Å². The summed E-state index contributed by atoms with van der Waals surface area (Å²) in [6.07, 6.45) is 3.03. The van der Waals surface area contributed by atoms with Crippen molar-refractivity contribution in [3.05, 3.63) is 12.2 Å². The minimum Gasteiger partial charge on any atom is -0.469 e. The Balaban J connectivity index is 2.36. The normalized spacial score (nSPS) is 44.1. The van der Waals surface area contributed by atoms with Gasteiger partial charge in [-0.25, -0.2) is 0 Å². The van der Waals surface area contributed by atoms with E-state index in [0.717, 1.165) is 0 Å². The highest BCUT2D eigenvalue weighted by atomic mass is 16.5. The second kappa shape index (κ2) is 5.21. The number of hydrogen-bond donors (Lipinski definition) is 2. The number of hydrogen-bond acceptors (Lipinski definition) is 5. The Labute approximate surface area is 125 Å². The van der Waals surface area contributed by atoms with Crippen LogP contribution >= 0.6 is 0 Å². The van der Waals surface area contributed by atoms with Crippen LogP contribution < -0.4 is 0 Å². The van der Waals surface area contributed by atoms with Crippen molar-refractivity contribution in [2.45, 2.75) is 45.3 Å². The van der Waals surface area contributed by atoms with Crippen LogP contribution in [-0.2, 0) is 14.3 Å². The number of ketones is 1. The molecular formula is C16H24O5. The third kappa shape index (κ3) is 2.42. The van der Waals surface area contributed by atoms with Gasteiger partial charge in [-0.3, -0.25) is 9.59 Å². The molecule has 1 fully saturated rings. The molecule has 0 amide bonds. The first-order valence-corrected chi connectivity index (χ1v) is 7.37. The van der Waals surface area contributed by atoms with Gasteiger partial charge in [0.2, 0.25) is 0 Å². The summed E-state index contributed by atoms with van der Waals surface area (Å²) in [5.74, 6) is -1.84. The molecule has 0 heterocycles. The summed E-state index contributed by atoms with van der Waals surface area (Å²) in [7, 11) is 1.32. The van der Waals surface area contributed by atoms with E-state index in [2.05, 4.69) is 0 Å². The van der Waals surface area contributed by atoms with Gasteiger partial charge in [-0.15, -0.1) is 0 Å². The van der Waals surface area contributed by atoms with Gasteiger partial charge < -0.3 is 14.9 Å². The number of aliphatic hydroxyl groups excluding tert-OH is 1. The van der Waals surface area contributed by atoms with Crippen molar-refractivity contribution in [1.82, 2.24) is 0 Å². The number of methoxy groups -OCH3 is 1. The van der Waals surface area contributed by atoms with Crippen molar-refractivity contribution in [3.8, 4) is 0 Å². The summed E-state index contributed by atoms with van der Waals surface area (Å²) in [6.45, 7) is 5.12. The zero-order valence-electron chi connectivity index (χ0n) is 13.0. The van der Waals surface area contributed by atoms with Crippen LogP contribution in [0.15, 0.2) is 12.2 Å². The second-order valence-corrected chi connectivity index (χ2v) is 6.82. The van der Waals surface area contributed by atoms with Crippen molar-refractivity contribution in [1.29, 1.82) is 0 Å². The summed E-state index contributed by atoms with van der Waals surface area (Å²) in [5, 5.41) is 21.3. The average Bonchev–Trinajstić information content (AvgIpc) is 2.42. The van der Waals surface area contributed by atoms with Crippen molar-refractivity contribution in [3.63, 3.8) is 0 Å². The molecule has 0 bridgehead atoms. The fourth-order valence-corrected chi connectivity index (χ4v) is 4.13. The van der Waals surface area contributed by atoms with Gasteiger partial charge in [0.1, 0.15) is 0 Å². The first-order valence-electron chi connectivity index (χ1n) is 7.37. The molecule has 0 aromatic carbocycles. The van der Waals surface area contributed by atoms with E-state index in [1.54, 1.807) is 20.8 Å². The molecule has 1 saturated carbocycles. The van der Waals surface area contributed by atoms with E-state index in [1.807, 2.05) is 0 Å². The van der Waals surface area contributed by atoms with E-state index in [4.69, 9.17) is 4.74 Å². The number of rotatable bonds is 2. The standard InChI is InChI=1S/C16H24O5/c1-9(14(19)21-4)10-5-7-15(2)11(17)6-8-16(3,20)13(15)12(10)18/h6,8-10,12-13,18,20H,5,7H2,1-4H3/t9-,10+,12-,13-,15+,16+/m1/s1. The van der Waals surface area contributed by atoms with Gasteiger partial charge in [0.05, 0.1) is 24.7 Å². The van der Waals surface area contributed by atoms with Gasteiger partial charge in [-0.1, -0.05) is 13.8 Å². The maximum absolute atomic E-state index is 12.2. The molecule has 2 aliphatic carbocycles. The van der Waals surface area contributed by atoms with Crippen LogP contribution in [0.1, 0.15) is 33.6 Å². The van der Waals surface area contributed by atoms with Gasteiger partial charge in [-0.05, 0) is 37.8 Å². The fraction of sp³-hybridized carbons (Fsp3) is 0.750. The smallest absolute Gasteiger partial charge is 0.308 e.